The van der Waals surface area contributed by atoms with Crippen LogP contribution in [0.2, 0.25) is 0 Å². The van der Waals surface area contributed by atoms with Gasteiger partial charge in [-0.05, 0) is 71.7 Å². The van der Waals surface area contributed by atoms with Gasteiger partial charge in [-0.25, -0.2) is 0 Å². The van der Waals surface area contributed by atoms with Crippen LogP contribution in [0.4, 0.5) is 0 Å². The molecule has 2 fully saturated rings. The van der Waals surface area contributed by atoms with Gasteiger partial charge < -0.3 is 4.84 Å². The molecule has 1 aliphatic carbocycles. The maximum Gasteiger partial charge on any atom is 0.136 e. The van der Waals surface area contributed by atoms with Crippen molar-refractivity contribution < 1.29 is 4.84 Å². The average molecular weight is 363 g/mol. The second kappa shape index (κ2) is 6.32. The molecule has 1 aromatic rings. The Bertz CT molecular complexity index is 545. The van der Waals surface area contributed by atoms with Crippen LogP contribution in [-0.4, -0.2) is 28.7 Å². The van der Waals surface area contributed by atoms with E-state index in [-0.39, 0.29) is 0 Å². The van der Waals surface area contributed by atoms with Crippen LogP contribution in [0.25, 0.3) is 0 Å². The summed E-state index contributed by atoms with van der Waals surface area (Å²) >= 11 is 3.44. The molecule has 118 valence electrons. The number of rotatable bonds is 4. The minimum absolute atomic E-state index is 0.300. The topological polar surface area (TPSA) is 24.8 Å². The van der Waals surface area contributed by atoms with Gasteiger partial charge in [-0.1, -0.05) is 29.4 Å². The molecule has 1 atom stereocenters. The smallest absolute Gasteiger partial charge is 0.136 e. The highest BCUT2D eigenvalue weighted by Crippen LogP contribution is 2.40. The van der Waals surface area contributed by atoms with Crippen LogP contribution in [0.3, 0.4) is 0 Å². The van der Waals surface area contributed by atoms with Crippen molar-refractivity contribution in [2.24, 2.45) is 11.1 Å². The van der Waals surface area contributed by atoms with Gasteiger partial charge in [-0.15, -0.1) is 0 Å². The summed E-state index contributed by atoms with van der Waals surface area (Å²) in [4.78, 5) is 8.10. The molecule has 0 bridgehead atoms. The first-order valence-electron chi connectivity index (χ1n) is 8.47. The van der Waals surface area contributed by atoms with Crippen molar-refractivity contribution in [2.75, 3.05) is 13.1 Å². The molecule has 0 radical (unpaired) electrons. The monoisotopic (exact) mass is 362 g/mol. The lowest BCUT2D eigenvalue weighted by Crippen LogP contribution is -2.37. The summed E-state index contributed by atoms with van der Waals surface area (Å²) in [7, 11) is 0. The zero-order chi connectivity index (χ0) is 14.9. The van der Waals surface area contributed by atoms with Crippen molar-refractivity contribution in [2.45, 2.75) is 50.7 Å². The summed E-state index contributed by atoms with van der Waals surface area (Å²) in [6.07, 6.45) is 6.47. The van der Waals surface area contributed by atoms with Crippen molar-refractivity contribution in [3.63, 3.8) is 0 Å². The fourth-order valence-electron chi connectivity index (χ4n) is 3.67. The van der Waals surface area contributed by atoms with Gasteiger partial charge in [0, 0.05) is 18.9 Å². The van der Waals surface area contributed by atoms with Crippen LogP contribution in [0.5, 0.6) is 0 Å². The molecule has 0 N–H and O–H groups in total. The summed E-state index contributed by atoms with van der Waals surface area (Å²) in [6, 6.07) is 9.32. The molecule has 2 heterocycles. The molecule has 2 aliphatic heterocycles. The number of halogens is 1. The fraction of sp³-hybridized carbons (Fsp3) is 0.611. The van der Waals surface area contributed by atoms with E-state index in [9.17, 15) is 0 Å². The first-order chi connectivity index (χ1) is 10.8. The van der Waals surface area contributed by atoms with Crippen LogP contribution in [-0.2, 0) is 11.4 Å². The third kappa shape index (κ3) is 3.38. The van der Waals surface area contributed by atoms with Gasteiger partial charge in [0.2, 0.25) is 0 Å². The van der Waals surface area contributed by atoms with Crippen molar-refractivity contribution in [1.82, 2.24) is 4.90 Å². The number of nitrogens with zero attached hydrogens (tertiary/aromatic N) is 2. The Kier molecular flexibility index (Phi) is 4.23. The second-order valence-corrected chi connectivity index (χ2v) is 7.86. The minimum atomic E-state index is 0.300. The zero-order valence-corrected chi connectivity index (χ0v) is 14.5. The SMILES string of the molecule is BrC1=NO[C@H](C2CCN(Cc3ccc(C4CC4)cc3)CC2)C1. The summed E-state index contributed by atoms with van der Waals surface area (Å²) < 4.78 is 0.968. The molecule has 1 saturated heterocycles. The fourth-order valence-corrected chi connectivity index (χ4v) is 4.07. The molecule has 0 aromatic heterocycles. The summed E-state index contributed by atoms with van der Waals surface area (Å²) in [6.45, 7) is 3.43. The molecular formula is C18H23BrN2O. The predicted octanol–water partition coefficient (Wildman–Crippen LogP) is 4.27. The van der Waals surface area contributed by atoms with Crippen molar-refractivity contribution in [3.8, 4) is 0 Å². The normalized spacial score (nSPS) is 26.8. The molecule has 4 heteroatoms. The Morgan fingerprint density at radius 2 is 1.82 bits per heavy atom. The number of hydrogen-bond acceptors (Lipinski definition) is 3. The van der Waals surface area contributed by atoms with Crippen LogP contribution in [0.15, 0.2) is 29.4 Å². The standard InChI is InChI=1S/C18H23BrN2O/c19-18-11-17(22-20-18)16-7-9-21(10-8-16)12-13-1-3-14(4-2-13)15-5-6-15/h1-4,15-17H,5-12H2/t17-/m0/s1. The minimum Gasteiger partial charge on any atom is -0.391 e. The molecule has 0 spiro atoms. The van der Waals surface area contributed by atoms with E-state index in [1.165, 1.54) is 49.9 Å². The van der Waals surface area contributed by atoms with Gasteiger partial charge in [0.1, 0.15) is 10.7 Å². The van der Waals surface area contributed by atoms with E-state index in [0.29, 0.717) is 12.0 Å². The van der Waals surface area contributed by atoms with E-state index in [2.05, 4.69) is 50.3 Å². The Balaban J connectivity index is 1.26. The third-order valence-electron chi connectivity index (χ3n) is 5.25. The van der Waals surface area contributed by atoms with E-state index < -0.39 is 0 Å². The van der Waals surface area contributed by atoms with Gasteiger partial charge in [-0.3, -0.25) is 4.90 Å². The Morgan fingerprint density at radius 1 is 1.09 bits per heavy atom. The Hall–Kier alpha value is -0.870. The van der Waals surface area contributed by atoms with E-state index in [1.807, 2.05) is 0 Å². The van der Waals surface area contributed by atoms with Crippen molar-refractivity contribution in [1.29, 1.82) is 0 Å². The van der Waals surface area contributed by atoms with Crippen LogP contribution < -0.4 is 0 Å². The van der Waals surface area contributed by atoms with E-state index >= 15 is 0 Å². The van der Waals surface area contributed by atoms with Crippen LogP contribution >= 0.6 is 15.9 Å². The molecule has 22 heavy (non-hydrogen) atoms. The highest BCUT2D eigenvalue weighted by molar-refractivity contribution is 9.18. The number of benzene rings is 1. The second-order valence-electron chi connectivity index (χ2n) is 6.94. The third-order valence-corrected chi connectivity index (χ3v) is 5.72. The highest BCUT2D eigenvalue weighted by Gasteiger charge is 2.31. The summed E-state index contributed by atoms with van der Waals surface area (Å²) in [5.74, 6) is 1.52. The van der Waals surface area contributed by atoms with Gasteiger partial charge in [0.05, 0.1) is 0 Å². The molecule has 3 nitrogen and oxygen atoms in total. The van der Waals surface area contributed by atoms with E-state index in [1.54, 1.807) is 0 Å². The average Bonchev–Trinajstić information content (AvgIpc) is 3.30. The maximum atomic E-state index is 5.52. The number of hydrogen-bond donors (Lipinski definition) is 0. The lowest BCUT2D eigenvalue weighted by molar-refractivity contribution is 0.0127. The predicted molar refractivity (Wildman–Crippen MR) is 92.3 cm³/mol. The molecule has 0 amide bonds. The molecule has 1 saturated carbocycles. The van der Waals surface area contributed by atoms with Crippen molar-refractivity contribution >= 4 is 20.6 Å². The van der Waals surface area contributed by atoms with Crippen molar-refractivity contribution in [3.05, 3.63) is 35.4 Å². The lowest BCUT2D eigenvalue weighted by Gasteiger charge is -2.33. The van der Waals surface area contributed by atoms with Crippen LogP contribution in [0, 0.1) is 5.92 Å². The molecule has 0 unspecified atom stereocenters. The van der Waals surface area contributed by atoms with E-state index in [4.69, 9.17) is 4.84 Å². The van der Waals surface area contributed by atoms with Gasteiger partial charge >= 0.3 is 0 Å². The molecular weight excluding hydrogens is 340 g/mol. The number of piperidine rings is 1. The Morgan fingerprint density at radius 3 is 2.41 bits per heavy atom. The molecule has 1 aromatic carbocycles. The molecule has 3 aliphatic rings. The first kappa shape index (κ1) is 14.7. The summed E-state index contributed by atoms with van der Waals surface area (Å²) in [5.41, 5.74) is 2.98. The molecule has 4 rings (SSSR count). The number of likely N-dealkylation sites (tertiary alicyclic amines) is 1. The van der Waals surface area contributed by atoms with Crippen LogP contribution in [0.1, 0.15) is 49.1 Å². The lowest BCUT2D eigenvalue weighted by atomic mass is 9.90. The number of oxime groups is 1. The highest BCUT2D eigenvalue weighted by atomic mass is 79.9. The first-order valence-corrected chi connectivity index (χ1v) is 9.26. The summed E-state index contributed by atoms with van der Waals surface area (Å²) in [5, 5.41) is 4.03. The Labute approximate surface area is 140 Å². The van der Waals surface area contributed by atoms with Gasteiger partial charge in [0.15, 0.2) is 0 Å². The largest absolute Gasteiger partial charge is 0.391 e. The van der Waals surface area contributed by atoms with E-state index in [0.717, 1.165) is 23.5 Å². The quantitative estimate of drug-likeness (QED) is 0.798. The van der Waals surface area contributed by atoms with Gasteiger partial charge in [0.25, 0.3) is 0 Å². The maximum absolute atomic E-state index is 5.52. The van der Waals surface area contributed by atoms with Gasteiger partial charge in [-0.2, -0.15) is 0 Å². The zero-order valence-electron chi connectivity index (χ0n) is 12.9.